The van der Waals surface area contributed by atoms with Crippen LogP contribution in [-0.4, -0.2) is 24.3 Å². The molecule has 0 unspecified atom stereocenters. The van der Waals surface area contributed by atoms with Crippen LogP contribution in [0.2, 0.25) is 5.02 Å². The number of benzene rings is 2. The number of non-ortho nitro benzene ring substituents is 1. The summed E-state index contributed by atoms with van der Waals surface area (Å²) in [6, 6.07) is 13.1. The van der Waals surface area contributed by atoms with E-state index in [-0.39, 0.29) is 17.8 Å². The zero-order valence-corrected chi connectivity index (χ0v) is 14.6. The first kappa shape index (κ1) is 16.9. The molecular formula is C18H12ClN5O3. The van der Waals surface area contributed by atoms with Gasteiger partial charge in [-0.25, -0.2) is 9.67 Å². The van der Waals surface area contributed by atoms with Gasteiger partial charge in [-0.1, -0.05) is 23.7 Å². The van der Waals surface area contributed by atoms with Crippen LogP contribution >= 0.6 is 11.6 Å². The fraction of sp³-hybridized carbons (Fsp3) is 0.0556. The topological polar surface area (TPSA) is 95.8 Å². The van der Waals surface area contributed by atoms with Crippen molar-refractivity contribution in [3.05, 3.63) is 92.1 Å². The molecule has 0 radical (unpaired) electrons. The molecule has 134 valence electrons. The average Bonchev–Trinajstić information content (AvgIpc) is 3.10. The molecule has 2 aromatic carbocycles. The molecule has 0 aliphatic heterocycles. The Bertz CT molecular complexity index is 1200. The molecule has 0 saturated heterocycles. The summed E-state index contributed by atoms with van der Waals surface area (Å²) >= 11 is 5.91. The van der Waals surface area contributed by atoms with Crippen molar-refractivity contribution in [2.75, 3.05) is 0 Å². The Morgan fingerprint density at radius 3 is 2.44 bits per heavy atom. The maximum absolute atomic E-state index is 12.7. The zero-order chi connectivity index (χ0) is 19.0. The Hall–Kier alpha value is -3.52. The van der Waals surface area contributed by atoms with E-state index in [4.69, 9.17) is 11.6 Å². The lowest BCUT2D eigenvalue weighted by atomic mass is 10.2. The quantitative estimate of drug-likeness (QED) is 0.399. The van der Waals surface area contributed by atoms with Gasteiger partial charge >= 0.3 is 0 Å². The summed E-state index contributed by atoms with van der Waals surface area (Å²) in [4.78, 5) is 27.4. The van der Waals surface area contributed by atoms with Crippen molar-refractivity contribution in [1.82, 2.24) is 19.3 Å². The molecule has 4 rings (SSSR count). The second-order valence-electron chi connectivity index (χ2n) is 5.87. The minimum Gasteiger partial charge on any atom is -0.294 e. The molecule has 0 amide bonds. The minimum atomic E-state index is -0.464. The summed E-state index contributed by atoms with van der Waals surface area (Å²) in [6.45, 7) is 0.256. The first-order valence-corrected chi connectivity index (χ1v) is 8.33. The molecule has 0 N–H and O–H groups in total. The molecule has 2 aromatic heterocycles. The van der Waals surface area contributed by atoms with Crippen LogP contribution in [-0.2, 0) is 6.54 Å². The molecule has 0 bridgehead atoms. The van der Waals surface area contributed by atoms with Crippen molar-refractivity contribution in [2.24, 2.45) is 0 Å². The van der Waals surface area contributed by atoms with E-state index in [1.54, 1.807) is 41.1 Å². The van der Waals surface area contributed by atoms with Crippen LogP contribution in [0.15, 0.2) is 65.8 Å². The highest BCUT2D eigenvalue weighted by molar-refractivity contribution is 6.30. The van der Waals surface area contributed by atoms with Crippen molar-refractivity contribution < 1.29 is 4.92 Å². The summed E-state index contributed by atoms with van der Waals surface area (Å²) < 4.78 is 3.01. The number of nitro benzene ring substituents is 1. The SMILES string of the molecule is O=c1c2cnn(-c3ccc(Cl)cc3)c2ncn1Cc1ccc([N+](=O)[O-])cc1. The van der Waals surface area contributed by atoms with Gasteiger partial charge < -0.3 is 0 Å². The molecule has 2 heterocycles. The molecule has 0 atom stereocenters. The van der Waals surface area contributed by atoms with Gasteiger partial charge in [-0.15, -0.1) is 0 Å². The molecular weight excluding hydrogens is 370 g/mol. The van der Waals surface area contributed by atoms with Crippen LogP contribution < -0.4 is 5.56 Å². The molecule has 4 aromatic rings. The summed E-state index contributed by atoms with van der Waals surface area (Å²) in [6.07, 6.45) is 2.92. The second kappa shape index (κ2) is 6.65. The lowest BCUT2D eigenvalue weighted by molar-refractivity contribution is -0.384. The predicted octanol–water partition coefficient (Wildman–Crippen LogP) is 3.19. The summed E-state index contributed by atoms with van der Waals surface area (Å²) in [5.74, 6) is 0. The van der Waals surface area contributed by atoms with E-state index >= 15 is 0 Å². The van der Waals surface area contributed by atoms with Crippen molar-refractivity contribution >= 4 is 28.3 Å². The summed E-state index contributed by atoms with van der Waals surface area (Å²) in [7, 11) is 0. The van der Waals surface area contributed by atoms with Gasteiger partial charge in [0.2, 0.25) is 0 Å². The largest absolute Gasteiger partial charge is 0.294 e. The molecule has 0 saturated carbocycles. The Balaban J connectivity index is 1.70. The van der Waals surface area contributed by atoms with Crippen LogP contribution in [0.5, 0.6) is 0 Å². The van der Waals surface area contributed by atoms with Gasteiger partial charge in [-0.2, -0.15) is 5.10 Å². The van der Waals surface area contributed by atoms with Crippen LogP contribution in [0.4, 0.5) is 5.69 Å². The average molecular weight is 382 g/mol. The molecule has 0 aliphatic rings. The van der Waals surface area contributed by atoms with E-state index in [1.807, 2.05) is 0 Å². The Morgan fingerprint density at radius 1 is 1.07 bits per heavy atom. The smallest absolute Gasteiger partial charge is 0.269 e. The number of nitrogens with zero attached hydrogens (tertiary/aromatic N) is 5. The number of halogens is 1. The fourth-order valence-electron chi connectivity index (χ4n) is 2.75. The molecule has 0 fully saturated rings. The van der Waals surface area contributed by atoms with E-state index in [0.717, 1.165) is 11.3 Å². The molecule has 0 aliphatic carbocycles. The number of hydrogen-bond acceptors (Lipinski definition) is 5. The van der Waals surface area contributed by atoms with Gasteiger partial charge in [-0.05, 0) is 29.8 Å². The van der Waals surface area contributed by atoms with E-state index < -0.39 is 4.92 Å². The third-order valence-corrected chi connectivity index (χ3v) is 4.38. The standard InChI is InChI=1S/C18H12ClN5O3/c19-13-3-7-14(8-4-13)23-17-16(9-21-23)18(25)22(11-20-17)10-12-1-5-15(6-2-12)24(26)27/h1-9,11H,10H2. The molecule has 9 heteroatoms. The molecule has 27 heavy (non-hydrogen) atoms. The highest BCUT2D eigenvalue weighted by Crippen LogP contribution is 2.17. The highest BCUT2D eigenvalue weighted by Gasteiger charge is 2.12. The van der Waals surface area contributed by atoms with E-state index in [9.17, 15) is 14.9 Å². The summed E-state index contributed by atoms with van der Waals surface area (Å²) in [5.41, 5.74) is 1.72. The molecule has 8 nitrogen and oxygen atoms in total. The van der Waals surface area contributed by atoms with Gasteiger partial charge in [-0.3, -0.25) is 19.5 Å². The third-order valence-electron chi connectivity index (χ3n) is 4.13. The van der Waals surface area contributed by atoms with Crippen LogP contribution in [0.1, 0.15) is 5.56 Å². The van der Waals surface area contributed by atoms with E-state index in [2.05, 4.69) is 10.1 Å². The van der Waals surface area contributed by atoms with Gasteiger partial charge in [0, 0.05) is 17.2 Å². The first-order chi connectivity index (χ1) is 13.0. The van der Waals surface area contributed by atoms with Crippen LogP contribution in [0.3, 0.4) is 0 Å². The minimum absolute atomic E-state index is 0.00362. The fourth-order valence-corrected chi connectivity index (χ4v) is 2.88. The highest BCUT2D eigenvalue weighted by atomic mass is 35.5. The second-order valence-corrected chi connectivity index (χ2v) is 6.31. The first-order valence-electron chi connectivity index (χ1n) is 7.95. The van der Waals surface area contributed by atoms with Crippen molar-refractivity contribution in [1.29, 1.82) is 0 Å². The van der Waals surface area contributed by atoms with Crippen molar-refractivity contribution in [3.8, 4) is 5.69 Å². The van der Waals surface area contributed by atoms with Crippen LogP contribution in [0, 0.1) is 10.1 Å². The van der Waals surface area contributed by atoms with Gasteiger partial charge in [0.05, 0.1) is 23.4 Å². The number of hydrogen-bond donors (Lipinski definition) is 0. The maximum atomic E-state index is 12.7. The van der Waals surface area contributed by atoms with E-state index in [1.165, 1.54) is 29.2 Å². The maximum Gasteiger partial charge on any atom is 0.269 e. The van der Waals surface area contributed by atoms with E-state index in [0.29, 0.717) is 16.1 Å². The van der Waals surface area contributed by atoms with Gasteiger partial charge in [0.25, 0.3) is 11.2 Å². The zero-order valence-electron chi connectivity index (χ0n) is 13.8. The van der Waals surface area contributed by atoms with Crippen LogP contribution in [0.25, 0.3) is 16.7 Å². The van der Waals surface area contributed by atoms with Gasteiger partial charge in [0.1, 0.15) is 11.7 Å². The summed E-state index contributed by atoms with van der Waals surface area (Å²) in [5, 5.41) is 16.0. The lowest BCUT2D eigenvalue weighted by Gasteiger charge is -2.06. The Kier molecular flexibility index (Phi) is 4.17. The Labute approximate surface area is 157 Å². The molecule has 0 spiro atoms. The lowest BCUT2D eigenvalue weighted by Crippen LogP contribution is -2.21. The number of aromatic nitrogens is 4. The van der Waals surface area contributed by atoms with Gasteiger partial charge in [0.15, 0.2) is 5.65 Å². The Morgan fingerprint density at radius 2 is 1.78 bits per heavy atom. The number of fused-ring (bicyclic) bond motifs is 1. The normalized spacial score (nSPS) is 11.0. The third kappa shape index (κ3) is 3.18. The predicted molar refractivity (Wildman–Crippen MR) is 100 cm³/mol. The van der Waals surface area contributed by atoms with Crippen molar-refractivity contribution in [2.45, 2.75) is 6.54 Å². The number of rotatable bonds is 4. The van der Waals surface area contributed by atoms with Crippen molar-refractivity contribution in [3.63, 3.8) is 0 Å². The number of nitro groups is 1. The monoisotopic (exact) mass is 381 g/mol.